The first-order valence-corrected chi connectivity index (χ1v) is 11.1. The predicted molar refractivity (Wildman–Crippen MR) is 110 cm³/mol. The van der Waals surface area contributed by atoms with E-state index in [1.165, 1.54) is 12.1 Å². The minimum atomic E-state index is -3.63. The SMILES string of the molecule is CCCN(Cc1ccccc1)C(=O)c1cccc(S(=O)(=O)NCCN2CC2)c1. The van der Waals surface area contributed by atoms with Gasteiger partial charge in [0.25, 0.3) is 5.91 Å². The van der Waals surface area contributed by atoms with Gasteiger partial charge in [-0.15, -0.1) is 0 Å². The molecule has 0 bridgehead atoms. The minimum absolute atomic E-state index is 0.125. The van der Waals surface area contributed by atoms with Crippen LogP contribution in [0.3, 0.4) is 0 Å². The highest BCUT2D eigenvalue weighted by Crippen LogP contribution is 2.16. The van der Waals surface area contributed by atoms with Crippen molar-refractivity contribution in [2.75, 3.05) is 32.7 Å². The average molecular weight is 402 g/mol. The van der Waals surface area contributed by atoms with E-state index in [1.54, 1.807) is 17.0 Å². The Kier molecular flexibility index (Phi) is 6.83. The number of nitrogens with one attached hydrogen (secondary N) is 1. The summed E-state index contributed by atoms with van der Waals surface area (Å²) in [6, 6.07) is 16.1. The second kappa shape index (κ2) is 9.32. The maximum Gasteiger partial charge on any atom is 0.254 e. The Labute approximate surface area is 167 Å². The highest BCUT2D eigenvalue weighted by atomic mass is 32.2. The van der Waals surface area contributed by atoms with E-state index in [4.69, 9.17) is 0 Å². The molecule has 150 valence electrons. The zero-order valence-electron chi connectivity index (χ0n) is 16.2. The van der Waals surface area contributed by atoms with Gasteiger partial charge in [-0.3, -0.25) is 9.69 Å². The Hall–Kier alpha value is -2.22. The van der Waals surface area contributed by atoms with Gasteiger partial charge in [0.05, 0.1) is 4.90 Å². The number of hydrogen-bond acceptors (Lipinski definition) is 4. The number of hydrogen-bond donors (Lipinski definition) is 1. The van der Waals surface area contributed by atoms with E-state index in [1.807, 2.05) is 37.3 Å². The predicted octanol–water partition coefficient (Wildman–Crippen LogP) is 2.33. The van der Waals surface area contributed by atoms with Crippen LogP contribution >= 0.6 is 0 Å². The molecule has 6 nitrogen and oxygen atoms in total. The minimum Gasteiger partial charge on any atom is -0.334 e. The lowest BCUT2D eigenvalue weighted by Gasteiger charge is -2.22. The zero-order chi connectivity index (χ0) is 20.0. The van der Waals surface area contributed by atoms with E-state index in [0.29, 0.717) is 31.7 Å². The molecule has 0 spiro atoms. The van der Waals surface area contributed by atoms with E-state index < -0.39 is 10.0 Å². The summed E-state index contributed by atoms with van der Waals surface area (Å²) in [7, 11) is -3.63. The van der Waals surface area contributed by atoms with Crippen molar-refractivity contribution in [1.29, 1.82) is 0 Å². The van der Waals surface area contributed by atoms with Crippen molar-refractivity contribution >= 4 is 15.9 Å². The van der Waals surface area contributed by atoms with Crippen LogP contribution in [0.25, 0.3) is 0 Å². The van der Waals surface area contributed by atoms with Crippen LogP contribution in [-0.4, -0.2) is 56.8 Å². The van der Waals surface area contributed by atoms with Gasteiger partial charge in [0, 0.05) is 44.8 Å². The summed E-state index contributed by atoms with van der Waals surface area (Å²) in [5.41, 5.74) is 1.43. The van der Waals surface area contributed by atoms with Gasteiger partial charge < -0.3 is 4.90 Å². The van der Waals surface area contributed by atoms with Crippen LogP contribution in [0.15, 0.2) is 59.5 Å². The Morgan fingerprint density at radius 3 is 2.54 bits per heavy atom. The molecule has 1 aliphatic heterocycles. The highest BCUT2D eigenvalue weighted by molar-refractivity contribution is 7.89. The van der Waals surface area contributed by atoms with E-state index in [9.17, 15) is 13.2 Å². The Morgan fingerprint density at radius 2 is 1.86 bits per heavy atom. The van der Waals surface area contributed by atoms with Crippen molar-refractivity contribution in [2.24, 2.45) is 0 Å². The fourth-order valence-electron chi connectivity index (χ4n) is 3.02. The third-order valence-electron chi connectivity index (χ3n) is 4.65. The summed E-state index contributed by atoms with van der Waals surface area (Å²) >= 11 is 0. The summed E-state index contributed by atoms with van der Waals surface area (Å²) < 4.78 is 27.7. The number of sulfonamides is 1. The molecule has 3 rings (SSSR count). The molecule has 7 heteroatoms. The molecule has 0 unspecified atom stereocenters. The Morgan fingerprint density at radius 1 is 1.11 bits per heavy atom. The summed E-state index contributed by atoms with van der Waals surface area (Å²) in [5, 5.41) is 0. The molecule has 1 fully saturated rings. The lowest BCUT2D eigenvalue weighted by atomic mass is 10.1. The van der Waals surface area contributed by atoms with Crippen LogP contribution in [0.5, 0.6) is 0 Å². The first-order valence-electron chi connectivity index (χ1n) is 9.65. The van der Waals surface area contributed by atoms with Crippen LogP contribution < -0.4 is 4.72 Å². The molecule has 0 aliphatic carbocycles. The van der Waals surface area contributed by atoms with Gasteiger partial charge in [-0.2, -0.15) is 0 Å². The quantitative estimate of drug-likeness (QED) is 0.621. The highest BCUT2D eigenvalue weighted by Gasteiger charge is 2.21. The smallest absolute Gasteiger partial charge is 0.254 e. The van der Waals surface area contributed by atoms with Gasteiger partial charge in [0.15, 0.2) is 0 Å². The normalized spacial score (nSPS) is 14.0. The molecule has 0 aromatic heterocycles. The van der Waals surface area contributed by atoms with Crippen LogP contribution in [0.4, 0.5) is 0 Å². The van der Waals surface area contributed by atoms with E-state index in [2.05, 4.69) is 9.62 Å². The Bertz CT molecular complexity index is 896. The van der Waals surface area contributed by atoms with Crippen molar-refractivity contribution in [3.05, 3.63) is 65.7 Å². The molecule has 2 aromatic rings. The summed E-state index contributed by atoms with van der Waals surface area (Å²) in [5.74, 6) is -0.160. The number of carbonyl (C=O) groups excluding carboxylic acids is 1. The molecule has 1 saturated heterocycles. The fraction of sp³-hybridized carbons (Fsp3) is 0.381. The third kappa shape index (κ3) is 5.64. The number of nitrogens with zero attached hydrogens (tertiary/aromatic N) is 2. The third-order valence-corrected chi connectivity index (χ3v) is 6.11. The first kappa shape index (κ1) is 20.5. The molecule has 28 heavy (non-hydrogen) atoms. The van der Waals surface area contributed by atoms with Crippen LogP contribution in [0.1, 0.15) is 29.3 Å². The van der Waals surface area contributed by atoms with Gasteiger partial charge in [-0.1, -0.05) is 43.3 Å². The maximum absolute atomic E-state index is 13.0. The number of benzene rings is 2. The van der Waals surface area contributed by atoms with Gasteiger partial charge in [-0.05, 0) is 30.2 Å². The summed E-state index contributed by atoms with van der Waals surface area (Å²) in [6.07, 6.45) is 0.828. The first-order chi connectivity index (χ1) is 13.5. The van der Waals surface area contributed by atoms with Crippen molar-refractivity contribution in [1.82, 2.24) is 14.5 Å². The monoisotopic (exact) mass is 401 g/mol. The van der Waals surface area contributed by atoms with E-state index in [0.717, 1.165) is 25.1 Å². The second-order valence-electron chi connectivity index (χ2n) is 6.98. The van der Waals surface area contributed by atoms with Crippen molar-refractivity contribution < 1.29 is 13.2 Å². The van der Waals surface area contributed by atoms with Gasteiger partial charge in [-0.25, -0.2) is 13.1 Å². The second-order valence-corrected chi connectivity index (χ2v) is 8.75. The lowest BCUT2D eigenvalue weighted by molar-refractivity contribution is 0.0743. The van der Waals surface area contributed by atoms with Gasteiger partial charge in [0.1, 0.15) is 0 Å². The molecule has 0 saturated carbocycles. The van der Waals surface area contributed by atoms with Crippen molar-refractivity contribution in [2.45, 2.75) is 24.8 Å². The number of amides is 1. The van der Waals surface area contributed by atoms with Gasteiger partial charge >= 0.3 is 0 Å². The molecule has 2 aromatic carbocycles. The fourth-order valence-corrected chi connectivity index (χ4v) is 4.09. The molecular formula is C21H27N3O3S. The van der Waals surface area contributed by atoms with Crippen LogP contribution in [-0.2, 0) is 16.6 Å². The average Bonchev–Trinajstić information content (AvgIpc) is 3.52. The van der Waals surface area contributed by atoms with Crippen LogP contribution in [0.2, 0.25) is 0 Å². The molecule has 1 N–H and O–H groups in total. The van der Waals surface area contributed by atoms with Crippen molar-refractivity contribution in [3.8, 4) is 0 Å². The molecule has 1 aliphatic rings. The zero-order valence-corrected chi connectivity index (χ0v) is 17.0. The van der Waals surface area contributed by atoms with Crippen LogP contribution in [0, 0.1) is 0 Å². The molecular weight excluding hydrogens is 374 g/mol. The Balaban J connectivity index is 1.73. The van der Waals surface area contributed by atoms with Crippen molar-refractivity contribution in [3.63, 3.8) is 0 Å². The molecule has 1 amide bonds. The maximum atomic E-state index is 13.0. The number of rotatable bonds is 10. The number of carbonyl (C=O) groups is 1. The summed E-state index contributed by atoms with van der Waals surface area (Å²) in [4.78, 5) is 17.1. The van der Waals surface area contributed by atoms with E-state index >= 15 is 0 Å². The van der Waals surface area contributed by atoms with Gasteiger partial charge in [0.2, 0.25) is 10.0 Å². The standard InChI is InChI=1S/C21H27N3O3S/c1-2-12-24(17-18-7-4-3-5-8-18)21(25)19-9-6-10-20(16-19)28(26,27)22-11-13-23-14-15-23/h3-10,16,22H,2,11-15,17H2,1H3. The van der Waals surface area contributed by atoms with E-state index in [-0.39, 0.29) is 10.8 Å². The summed E-state index contributed by atoms with van der Waals surface area (Å²) in [6.45, 7) is 6.26. The lowest BCUT2D eigenvalue weighted by Crippen LogP contribution is -2.32. The molecule has 1 heterocycles. The largest absolute Gasteiger partial charge is 0.334 e. The topological polar surface area (TPSA) is 69.5 Å². The molecule has 0 atom stereocenters. The molecule has 0 radical (unpaired) electrons.